The van der Waals surface area contributed by atoms with Crippen molar-refractivity contribution in [2.24, 2.45) is 0 Å². The minimum absolute atomic E-state index is 0.132. The molecule has 1 atom stereocenters. The molecule has 0 spiro atoms. The van der Waals surface area contributed by atoms with Crippen molar-refractivity contribution in [1.82, 2.24) is 0 Å². The maximum atomic E-state index is 13.3. The van der Waals surface area contributed by atoms with E-state index in [1.54, 1.807) is 25.1 Å². The number of ether oxygens (including phenoxy) is 2. The molecule has 31 heavy (non-hydrogen) atoms. The molecule has 0 saturated carbocycles. The summed E-state index contributed by atoms with van der Waals surface area (Å²) < 4.78 is 21.6. The van der Waals surface area contributed by atoms with E-state index in [0.29, 0.717) is 22.3 Å². The lowest BCUT2D eigenvalue weighted by atomic mass is 9.85. The van der Waals surface area contributed by atoms with Gasteiger partial charge in [0.15, 0.2) is 16.9 Å². The van der Waals surface area contributed by atoms with Gasteiger partial charge in [-0.3, -0.25) is 9.59 Å². The lowest BCUT2D eigenvalue weighted by Gasteiger charge is -2.25. The summed E-state index contributed by atoms with van der Waals surface area (Å²) >= 11 is 0. The summed E-state index contributed by atoms with van der Waals surface area (Å²) in [6.07, 6.45) is 1.09. The number of benzene rings is 2. The summed E-state index contributed by atoms with van der Waals surface area (Å²) in [6, 6.07) is 7.51. The standard InChI is InChI=1S/C23H16O8/c1-10-5-18(25)30-22-12(10)7-16(24)23-20(22)13(8-19(26)31-23)15-9-29-17-4-3-11(28-2)6-14(17)21(15)27/h3-7,9,13,24H,8H2,1-2H3. The van der Waals surface area contributed by atoms with E-state index in [9.17, 15) is 19.5 Å². The number of rotatable bonds is 2. The van der Waals surface area contributed by atoms with E-state index < -0.39 is 17.5 Å². The highest BCUT2D eigenvalue weighted by molar-refractivity contribution is 5.92. The van der Waals surface area contributed by atoms with Crippen LogP contribution in [-0.2, 0) is 4.79 Å². The molecule has 156 valence electrons. The third-order valence-electron chi connectivity index (χ3n) is 5.53. The van der Waals surface area contributed by atoms with E-state index in [0.717, 1.165) is 0 Å². The molecule has 5 rings (SSSR count). The molecule has 2 aromatic carbocycles. The van der Waals surface area contributed by atoms with Gasteiger partial charge in [-0.2, -0.15) is 0 Å². The Hall–Kier alpha value is -4.07. The molecule has 4 aromatic rings. The zero-order valence-corrected chi connectivity index (χ0v) is 16.6. The molecule has 1 unspecified atom stereocenters. The van der Waals surface area contributed by atoms with Crippen molar-refractivity contribution in [3.63, 3.8) is 0 Å². The van der Waals surface area contributed by atoms with Gasteiger partial charge in [0.2, 0.25) is 0 Å². The largest absolute Gasteiger partial charge is 0.504 e. The molecule has 0 amide bonds. The van der Waals surface area contributed by atoms with Crippen molar-refractivity contribution >= 4 is 27.9 Å². The number of phenolic OH excluding ortho intramolecular Hbond substituents is 1. The Bertz CT molecular complexity index is 1510. The van der Waals surface area contributed by atoms with Crippen LogP contribution in [-0.4, -0.2) is 18.2 Å². The summed E-state index contributed by atoms with van der Waals surface area (Å²) in [5, 5.41) is 11.3. The van der Waals surface area contributed by atoms with Crippen molar-refractivity contribution in [2.45, 2.75) is 19.3 Å². The van der Waals surface area contributed by atoms with Gasteiger partial charge >= 0.3 is 11.6 Å². The first-order valence-corrected chi connectivity index (χ1v) is 9.48. The van der Waals surface area contributed by atoms with Gasteiger partial charge in [-0.05, 0) is 36.8 Å². The Morgan fingerprint density at radius 3 is 2.68 bits per heavy atom. The molecule has 8 nitrogen and oxygen atoms in total. The molecule has 1 N–H and O–H groups in total. The van der Waals surface area contributed by atoms with Crippen LogP contribution in [0.25, 0.3) is 21.9 Å². The quantitative estimate of drug-likeness (QED) is 0.298. The van der Waals surface area contributed by atoms with Gasteiger partial charge in [0.1, 0.15) is 16.9 Å². The SMILES string of the molecule is COc1ccc2occ(C3CC(=O)Oc4c(O)cc5c(C)cc(=O)oc5c43)c(=O)c2c1. The molecule has 1 aliphatic heterocycles. The lowest BCUT2D eigenvalue weighted by Crippen LogP contribution is -2.25. The Morgan fingerprint density at radius 1 is 1.10 bits per heavy atom. The highest BCUT2D eigenvalue weighted by Gasteiger charge is 2.36. The van der Waals surface area contributed by atoms with Crippen LogP contribution in [0.1, 0.15) is 29.0 Å². The first kappa shape index (κ1) is 18.9. The second-order valence-electron chi connectivity index (χ2n) is 7.38. The fourth-order valence-electron chi connectivity index (χ4n) is 4.05. The maximum absolute atomic E-state index is 13.3. The molecule has 8 heteroatoms. The van der Waals surface area contributed by atoms with Crippen LogP contribution in [0, 0.1) is 6.92 Å². The number of esters is 1. The van der Waals surface area contributed by atoms with Crippen LogP contribution >= 0.6 is 0 Å². The number of aromatic hydroxyl groups is 1. The van der Waals surface area contributed by atoms with E-state index in [-0.39, 0.29) is 45.4 Å². The van der Waals surface area contributed by atoms with Gasteiger partial charge in [-0.25, -0.2) is 4.79 Å². The molecule has 2 aromatic heterocycles. The third kappa shape index (κ3) is 2.87. The number of hydrogen-bond donors (Lipinski definition) is 1. The third-order valence-corrected chi connectivity index (χ3v) is 5.53. The number of phenols is 1. The Kier molecular flexibility index (Phi) is 4.11. The van der Waals surface area contributed by atoms with Crippen LogP contribution in [0.3, 0.4) is 0 Å². The summed E-state index contributed by atoms with van der Waals surface area (Å²) in [6.45, 7) is 1.70. The van der Waals surface area contributed by atoms with Gasteiger partial charge in [-0.15, -0.1) is 0 Å². The minimum atomic E-state index is -0.845. The average Bonchev–Trinajstić information content (AvgIpc) is 2.74. The number of hydrogen-bond acceptors (Lipinski definition) is 8. The first-order valence-electron chi connectivity index (χ1n) is 9.48. The van der Waals surface area contributed by atoms with Crippen LogP contribution < -0.4 is 20.5 Å². The molecule has 0 radical (unpaired) electrons. The van der Waals surface area contributed by atoms with Crippen LogP contribution in [0.5, 0.6) is 17.2 Å². The monoisotopic (exact) mass is 420 g/mol. The molecule has 0 bridgehead atoms. The highest BCUT2D eigenvalue weighted by Crippen LogP contribution is 2.47. The molecular formula is C23H16O8. The summed E-state index contributed by atoms with van der Waals surface area (Å²) in [5.74, 6) is -1.42. The maximum Gasteiger partial charge on any atom is 0.336 e. The van der Waals surface area contributed by atoms with E-state index in [2.05, 4.69) is 0 Å². The molecule has 0 saturated heterocycles. The Balaban J connectivity index is 1.85. The van der Waals surface area contributed by atoms with Gasteiger partial charge in [0.05, 0.1) is 30.7 Å². The smallest absolute Gasteiger partial charge is 0.336 e. The van der Waals surface area contributed by atoms with E-state index in [4.69, 9.17) is 18.3 Å². The van der Waals surface area contributed by atoms with Crippen molar-refractivity contribution in [1.29, 1.82) is 0 Å². The molecular weight excluding hydrogens is 404 g/mol. The van der Waals surface area contributed by atoms with Crippen molar-refractivity contribution in [2.75, 3.05) is 7.11 Å². The van der Waals surface area contributed by atoms with Crippen LogP contribution in [0.2, 0.25) is 0 Å². The van der Waals surface area contributed by atoms with Crippen molar-refractivity contribution in [3.8, 4) is 17.2 Å². The fraction of sp³-hybridized carbons (Fsp3) is 0.174. The Labute approximate surface area is 174 Å². The fourth-order valence-corrected chi connectivity index (χ4v) is 4.05. The lowest BCUT2D eigenvalue weighted by molar-refractivity contribution is -0.135. The van der Waals surface area contributed by atoms with Gasteiger partial charge in [-0.1, -0.05) is 0 Å². The number of methoxy groups -OCH3 is 1. The zero-order chi connectivity index (χ0) is 21.9. The Morgan fingerprint density at radius 2 is 1.90 bits per heavy atom. The summed E-state index contributed by atoms with van der Waals surface area (Å²) in [4.78, 5) is 37.7. The number of carbonyl (C=O) groups excluding carboxylic acids is 1. The van der Waals surface area contributed by atoms with Crippen LogP contribution in [0.4, 0.5) is 0 Å². The predicted molar refractivity (Wildman–Crippen MR) is 110 cm³/mol. The van der Waals surface area contributed by atoms with E-state index in [1.165, 1.54) is 25.5 Å². The van der Waals surface area contributed by atoms with Crippen molar-refractivity contribution < 1.29 is 28.2 Å². The number of aryl methyl sites for hydroxylation is 1. The van der Waals surface area contributed by atoms with Crippen LogP contribution in [0.15, 0.2) is 55.0 Å². The highest BCUT2D eigenvalue weighted by atomic mass is 16.5. The second-order valence-corrected chi connectivity index (χ2v) is 7.38. The first-order chi connectivity index (χ1) is 14.9. The average molecular weight is 420 g/mol. The summed E-state index contributed by atoms with van der Waals surface area (Å²) in [7, 11) is 1.49. The van der Waals surface area contributed by atoms with Crippen molar-refractivity contribution in [3.05, 3.63) is 73.9 Å². The topological polar surface area (TPSA) is 116 Å². The minimum Gasteiger partial charge on any atom is -0.504 e. The zero-order valence-electron chi connectivity index (χ0n) is 16.6. The second kappa shape index (κ2) is 6.73. The molecule has 0 fully saturated rings. The van der Waals surface area contributed by atoms with Gasteiger partial charge in [0.25, 0.3) is 0 Å². The van der Waals surface area contributed by atoms with E-state index >= 15 is 0 Å². The number of carbonyl (C=O) groups is 1. The molecule has 0 aliphatic carbocycles. The normalized spacial score (nSPS) is 15.7. The number of fused-ring (bicyclic) bond motifs is 4. The van der Waals surface area contributed by atoms with E-state index in [1.807, 2.05) is 0 Å². The predicted octanol–water partition coefficient (Wildman–Crippen LogP) is 3.36. The van der Waals surface area contributed by atoms with Gasteiger partial charge in [0, 0.05) is 22.9 Å². The van der Waals surface area contributed by atoms with Gasteiger partial charge < -0.3 is 23.4 Å². The molecule has 3 heterocycles. The molecule has 1 aliphatic rings. The summed E-state index contributed by atoms with van der Waals surface area (Å²) in [5.41, 5.74) is 0.563.